The molecule has 0 bridgehead atoms. The molecule has 0 fully saturated rings. The molecule has 0 unspecified atom stereocenters. The minimum absolute atomic E-state index is 0. The molecule has 0 spiro atoms. The minimum atomic E-state index is 0. The zero-order valence-corrected chi connectivity index (χ0v) is 15.6. The summed E-state index contributed by atoms with van der Waals surface area (Å²) < 4.78 is 0. The smallest absolute Gasteiger partial charge is 0.0754 e. The summed E-state index contributed by atoms with van der Waals surface area (Å²) in [5, 5.41) is 4.51. The first kappa shape index (κ1) is 22.6. The van der Waals surface area contributed by atoms with E-state index in [2.05, 4.69) is 47.8 Å². The monoisotopic (exact) mass is 385 g/mol. The number of aromatic nitrogens is 1. The molecule has 0 radical (unpaired) electrons. The molecule has 3 rings (SSSR count). The van der Waals surface area contributed by atoms with Crippen LogP contribution in [0.15, 0.2) is 60.7 Å². The van der Waals surface area contributed by atoms with Gasteiger partial charge in [0.25, 0.3) is 0 Å². The molecule has 0 atom stereocenters. The summed E-state index contributed by atoms with van der Waals surface area (Å²) in [4.78, 5) is 4.85. The first-order valence-corrected chi connectivity index (χ1v) is 7.23. The molecule has 0 saturated heterocycles. The number of nitrogens with one attached hydrogen (secondary N) is 1. The van der Waals surface area contributed by atoms with Gasteiger partial charge in [0, 0.05) is 30.6 Å². The maximum Gasteiger partial charge on any atom is 0.0754 e. The van der Waals surface area contributed by atoms with Gasteiger partial charge in [0.15, 0.2) is 0 Å². The maximum atomic E-state index is 5.53. The normalized spacial score (nSPS) is 9.54. The van der Waals surface area contributed by atoms with Crippen molar-refractivity contribution in [3.05, 3.63) is 66.2 Å². The number of benzene rings is 2. The quantitative estimate of drug-likeness (QED) is 0.646. The van der Waals surface area contributed by atoms with Crippen LogP contribution in [0.3, 0.4) is 0 Å². The van der Waals surface area contributed by atoms with Crippen LogP contribution in [0.2, 0.25) is 0 Å². The summed E-state index contributed by atoms with van der Waals surface area (Å²) in [6, 6.07) is 20.8. The van der Waals surface area contributed by atoms with E-state index in [4.69, 9.17) is 10.7 Å². The molecular formula is C18H22Cl3N3. The van der Waals surface area contributed by atoms with Gasteiger partial charge < -0.3 is 11.1 Å². The fourth-order valence-corrected chi connectivity index (χ4v) is 2.45. The zero-order valence-electron chi connectivity index (χ0n) is 13.1. The average Bonchev–Trinajstić information content (AvgIpc) is 2.56. The summed E-state index contributed by atoms with van der Waals surface area (Å²) in [5.74, 6) is 0. The van der Waals surface area contributed by atoms with E-state index in [1.807, 2.05) is 18.2 Å². The molecular weight excluding hydrogens is 365 g/mol. The van der Waals surface area contributed by atoms with Crippen LogP contribution in [0.5, 0.6) is 0 Å². The fourth-order valence-electron chi connectivity index (χ4n) is 2.45. The Hall–Kier alpha value is -1.36. The van der Waals surface area contributed by atoms with E-state index in [9.17, 15) is 0 Å². The van der Waals surface area contributed by atoms with Gasteiger partial charge in [0.05, 0.1) is 11.2 Å². The second-order valence-corrected chi connectivity index (χ2v) is 5.02. The predicted molar refractivity (Wildman–Crippen MR) is 110 cm³/mol. The Kier molecular flexibility index (Phi) is 10.6. The number of rotatable bonds is 5. The van der Waals surface area contributed by atoms with Crippen molar-refractivity contribution in [3.8, 4) is 11.3 Å². The summed E-state index contributed by atoms with van der Waals surface area (Å²) >= 11 is 0. The second-order valence-electron chi connectivity index (χ2n) is 5.02. The van der Waals surface area contributed by atoms with Gasteiger partial charge in [-0.2, -0.15) is 0 Å². The average molecular weight is 387 g/mol. The Labute approximate surface area is 161 Å². The molecule has 130 valence electrons. The van der Waals surface area contributed by atoms with Crippen LogP contribution < -0.4 is 11.1 Å². The van der Waals surface area contributed by atoms with Crippen molar-refractivity contribution in [1.29, 1.82) is 0 Å². The highest BCUT2D eigenvalue weighted by molar-refractivity contribution is 5.86. The number of nitrogens with zero attached hydrogens (tertiary/aromatic N) is 1. The van der Waals surface area contributed by atoms with Gasteiger partial charge in [-0.05, 0) is 11.6 Å². The highest BCUT2D eigenvalue weighted by Crippen LogP contribution is 2.23. The van der Waals surface area contributed by atoms with E-state index < -0.39 is 0 Å². The number of nitrogens with two attached hydrogens (primary N) is 1. The maximum absolute atomic E-state index is 5.53. The standard InChI is InChI=1S/C18H19N3.3ClH/c19-11-12-20-13-16-8-4-7-15-9-10-17(21-18(15)16)14-5-2-1-3-6-14;;;/h1-10,20H,11-13,19H2;3*1H. The number of fused-ring (bicyclic) bond motifs is 1. The first-order valence-electron chi connectivity index (χ1n) is 7.23. The van der Waals surface area contributed by atoms with E-state index in [-0.39, 0.29) is 37.2 Å². The third kappa shape index (κ3) is 5.33. The number of pyridine rings is 1. The second kappa shape index (κ2) is 11.2. The van der Waals surface area contributed by atoms with Crippen molar-refractivity contribution in [1.82, 2.24) is 10.3 Å². The van der Waals surface area contributed by atoms with Gasteiger partial charge >= 0.3 is 0 Å². The molecule has 0 amide bonds. The van der Waals surface area contributed by atoms with Crippen LogP contribution in [-0.4, -0.2) is 18.1 Å². The lowest BCUT2D eigenvalue weighted by Gasteiger charge is -2.09. The van der Waals surface area contributed by atoms with Crippen LogP contribution >= 0.6 is 37.2 Å². The molecule has 1 aromatic heterocycles. The van der Waals surface area contributed by atoms with E-state index >= 15 is 0 Å². The van der Waals surface area contributed by atoms with Gasteiger partial charge in [-0.1, -0.05) is 54.6 Å². The van der Waals surface area contributed by atoms with Crippen LogP contribution in [0.4, 0.5) is 0 Å². The van der Waals surface area contributed by atoms with Crippen LogP contribution in [-0.2, 0) is 6.54 Å². The molecule has 24 heavy (non-hydrogen) atoms. The number of para-hydroxylation sites is 1. The highest BCUT2D eigenvalue weighted by atomic mass is 35.5. The van der Waals surface area contributed by atoms with Gasteiger partial charge in [0.1, 0.15) is 0 Å². The molecule has 3 N–H and O–H groups in total. The molecule has 0 aliphatic rings. The van der Waals surface area contributed by atoms with Crippen molar-refractivity contribution >= 4 is 48.1 Å². The third-order valence-electron chi connectivity index (χ3n) is 3.51. The fraction of sp³-hybridized carbons (Fsp3) is 0.167. The Bertz CT molecular complexity index is 736. The summed E-state index contributed by atoms with van der Waals surface area (Å²) in [7, 11) is 0. The summed E-state index contributed by atoms with van der Waals surface area (Å²) in [6.07, 6.45) is 0. The van der Waals surface area contributed by atoms with Crippen molar-refractivity contribution in [2.45, 2.75) is 6.54 Å². The SMILES string of the molecule is Cl.Cl.Cl.NCCNCc1cccc2ccc(-c3ccccc3)nc12. The largest absolute Gasteiger partial charge is 0.329 e. The Balaban J connectivity index is 0.00000176. The van der Waals surface area contributed by atoms with E-state index in [1.54, 1.807) is 0 Å². The molecule has 0 saturated carbocycles. The zero-order chi connectivity index (χ0) is 14.5. The lowest BCUT2D eigenvalue weighted by atomic mass is 10.1. The van der Waals surface area contributed by atoms with Gasteiger partial charge in [0.2, 0.25) is 0 Å². The Morgan fingerprint density at radius 1 is 0.833 bits per heavy atom. The number of hydrogen-bond donors (Lipinski definition) is 2. The lowest BCUT2D eigenvalue weighted by Crippen LogP contribution is -2.22. The lowest BCUT2D eigenvalue weighted by molar-refractivity contribution is 0.697. The van der Waals surface area contributed by atoms with Gasteiger partial charge in [-0.3, -0.25) is 0 Å². The van der Waals surface area contributed by atoms with E-state index in [0.29, 0.717) is 6.54 Å². The Morgan fingerprint density at radius 3 is 2.29 bits per heavy atom. The third-order valence-corrected chi connectivity index (χ3v) is 3.51. The van der Waals surface area contributed by atoms with Gasteiger partial charge in [-0.25, -0.2) is 4.98 Å². The molecule has 0 aliphatic carbocycles. The Morgan fingerprint density at radius 2 is 1.58 bits per heavy atom. The highest BCUT2D eigenvalue weighted by Gasteiger charge is 2.05. The van der Waals surface area contributed by atoms with Crippen LogP contribution in [0.25, 0.3) is 22.2 Å². The van der Waals surface area contributed by atoms with E-state index in [0.717, 1.165) is 29.9 Å². The van der Waals surface area contributed by atoms with Crippen LogP contribution in [0.1, 0.15) is 5.56 Å². The topological polar surface area (TPSA) is 50.9 Å². The summed E-state index contributed by atoms with van der Waals surface area (Å²) in [6.45, 7) is 2.25. The molecule has 0 aliphatic heterocycles. The molecule has 2 aromatic carbocycles. The predicted octanol–water partition coefficient (Wildman–Crippen LogP) is 4.22. The molecule has 3 nitrogen and oxygen atoms in total. The first-order chi connectivity index (χ1) is 10.4. The van der Waals surface area contributed by atoms with Crippen molar-refractivity contribution in [2.75, 3.05) is 13.1 Å². The number of halogens is 3. The van der Waals surface area contributed by atoms with Crippen molar-refractivity contribution in [3.63, 3.8) is 0 Å². The van der Waals surface area contributed by atoms with Crippen LogP contribution in [0, 0.1) is 0 Å². The van der Waals surface area contributed by atoms with E-state index in [1.165, 1.54) is 10.9 Å². The molecule has 6 heteroatoms. The number of hydrogen-bond acceptors (Lipinski definition) is 3. The molecule has 3 aromatic rings. The minimum Gasteiger partial charge on any atom is -0.329 e. The van der Waals surface area contributed by atoms with Gasteiger partial charge in [-0.15, -0.1) is 37.2 Å². The van der Waals surface area contributed by atoms with Crippen molar-refractivity contribution in [2.24, 2.45) is 5.73 Å². The van der Waals surface area contributed by atoms with Crippen molar-refractivity contribution < 1.29 is 0 Å². The molecule has 1 heterocycles. The summed E-state index contributed by atoms with van der Waals surface area (Å²) in [5.41, 5.74) is 9.94.